The fourth-order valence-electron chi connectivity index (χ4n) is 4.50. The number of rotatable bonds is 4. The van der Waals surface area contributed by atoms with Gasteiger partial charge in [0.15, 0.2) is 0 Å². The lowest BCUT2D eigenvalue weighted by Gasteiger charge is -2.43. The topological polar surface area (TPSA) is 44.2 Å². The zero-order chi connectivity index (χ0) is 21.4. The van der Waals surface area contributed by atoms with Crippen molar-refractivity contribution < 1.29 is 4.79 Å². The summed E-state index contributed by atoms with van der Waals surface area (Å²) in [6.07, 6.45) is 0. The van der Waals surface area contributed by atoms with E-state index in [0.717, 1.165) is 26.9 Å². The van der Waals surface area contributed by atoms with E-state index in [0.29, 0.717) is 5.56 Å². The molecule has 0 aliphatic carbocycles. The van der Waals surface area contributed by atoms with Crippen molar-refractivity contribution in [3.63, 3.8) is 0 Å². The van der Waals surface area contributed by atoms with Gasteiger partial charge in [0.1, 0.15) is 11.3 Å². The Kier molecular flexibility index (Phi) is 4.79. The number of amides is 1. The molecule has 0 fully saturated rings. The Morgan fingerprint density at radius 3 is 1.58 bits per heavy atom. The molecule has 31 heavy (non-hydrogen) atoms. The van der Waals surface area contributed by atoms with Gasteiger partial charge in [0.05, 0.1) is 5.69 Å². The first-order valence-corrected chi connectivity index (χ1v) is 10.8. The monoisotopic (exact) mass is 466 g/mol. The molecule has 150 valence electrons. The zero-order valence-electron chi connectivity index (χ0n) is 16.6. The minimum absolute atomic E-state index is 0.00895. The molecule has 4 aromatic rings. The SMILES string of the molecule is N=C1C(=O)N(C(c2ccccc2)(c2ccccc2)c2ccccc2)c2cc(Br)ccc21. The first-order chi connectivity index (χ1) is 15.1. The van der Waals surface area contributed by atoms with E-state index in [4.69, 9.17) is 5.41 Å². The molecule has 3 nitrogen and oxygen atoms in total. The summed E-state index contributed by atoms with van der Waals surface area (Å²) >= 11 is 3.56. The van der Waals surface area contributed by atoms with Crippen LogP contribution in [0.3, 0.4) is 0 Å². The third-order valence-corrected chi connectivity index (χ3v) is 6.29. The summed E-state index contributed by atoms with van der Waals surface area (Å²) in [7, 11) is 0. The van der Waals surface area contributed by atoms with Crippen LogP contribution in [-0.4, -0.2) is 11.6 Å². The van der Waals surface area contributed by atoms with Crippen molar-refractivity contribution >= 4 is 33.2 Å². The standard InChI is InChI=1S/C27H19BrN2O/c28-22-16-17-23-24(18-22)30(26(31)25(23)29)27(19-10-4-1-5-11-19,20-12-6-2-7-13-20)21-14-8-3-9-15-21/h1-18,29H. The molecule has 1 aliphatic rings. The summed E-state index contributed by atoms with van der Waals surface area (Å²) in [6, 6.07) is 35.8. The van der Waals surface area contributed by atoms with Crippen molar-refractivity contribution in [3.05, 3.63) is 136 Å². The number of benzene rings is 4. The molecule has 0 bridgehead atoms. The predicted octanol–water partition coefficient (Wildman–Crippen LogP) is 6.16. The summed E-state index contributed by atoms with van der Waals surface area (Å²) in [4.78, 5) is 15.5. The van der Waals surface area contributed by atoms with Crippen molar-refractivity contribution in [1.82, 2.24) is 0 Å². The minimum Gasteiger partial charge on any atom is -0.295 e. The van der Waals surface area contributed by atoms with Crippen LogP contribution in [0.2, 0.25) is 0 Å². The maximum absolute atomic E-state index is 13.7. The quantitative estimate of drug-likeness (QED) is 0.359. The first kappa shape index (κ1) is 19.5. The van der Waals surface area contributed by atoms with Gasteiger partial charge >= 0.3 is 0 Å². The molecule has 4 aromatic carbocycles. The van der Waals surface area contributed by atoms with Gasteiger partial charge in [-0.15, -0.1) is 0 Å². The molecule has 1 heterocycles. The number of carbonyl (C=O) groups excluding carboxylic acids is 1. The predicted molar refractivity (Wildman–Crippen MR) is 128 cm³/mol. The van der Waals surface area contributed by atoms with Crippen LogP contribution in [0.5, 0.6) is 0 Å². The summed E-state index contributed by atoms with van der Waals surface area (Å²) in [5.74, 6) is -0.315. The fourth-order valence-corrected chi connectivity index (χ4v) is 4.84. The van der Waals surface area contributed by atoms with E-state index in [1.165, 1.54) is 0 Å². The molecule has 4 heteroatoms. The normalized spacial score (nSPS) is 13.4. The van der Waals surface area contributed by atoms with Gasteiger partial charge in [-0.25, -0.2) is 0 Å². The van der Waals surface area contributed by atoms with Gasteiger partial charge in [-0.2, -0.15) is 0 Å². The second-order valence-corrected chi connectivity index (χ2v) is 8.40. The smallest absolute Gasteiger partial charge is 0.278 e. The van der Waals surface area contributed by atoms with E-state index in [9.17, 15) is 4.79 Å². The van der Waals surface area contributed by atoms with Crippen molar-refractivity contribution in [2.75, 3.05) is 4.90 Å². The number of nitrogens with zero attached hydrogens (tertiary/aromatic N) is 1. The summed E-state index contributed by atoms with van der Waals surface area (Å²) in [5, 5.41) is 8.60. The molecule has 1 amide bonds. The van der Waals surface area contributed by atoms with Crippen molar-refractivity contribution in [3.8, 4) is 0 Å². The first-order valence-electron chi connectivity index (χ1n) is 10.0. The van der Waals surface area contributed by atoms with Gasteiger partial charge in [-0.3, -0.25) is 15.1 Å². The minimum atomic E-state index is -0.931. The second kappa shape index (κ2) is 7.64. The van der Waals surface area contributed by atoms with Crippen LogP contribution in [0.4, 0.5) is 5.69 Å². The molecule has 0 spiro atoms. The average molecular weight is 467 g/mol. The highest BCUT2D eigenvalue weighted by Gasteiger charge is 2.50. The van der Waals surface area contributed by atoms with Crippen LogP contribution in [0.1, 0.15) is 22.3 Å². The lowest BCUT2D eigenvalue weighted by Crippen LogP contribution is -2.51. The van der Waals surface area contributed by atoms with Crippen molar-refractivity contribution in [2.24, 2.45) is 0 Å². The lowest BCUT2D eigenvalue weighted by molar-refractivity contribution is -0.113. The molecule has 0 saturated carbocycles. The van der Waals surface area contributed by atoms with Crippen LogP contribution >= 0.6 is 15.9 Å². The summed E-state index contributed by atoms with van der Waals surface area (Å²) < 4.78 is 0.863. The van der Waals surface area contributed by atoms with Crippen LogP contribution in [0.25, 0.3) is 0 Å². The highest BCUT2D eigenvalue weighted by atomic mass is 79.9. The van der Waals surface area contributed by atoms with E-state index in [1.54, 1.807) is 4.90 Å². The zero-order valence-corrected chi connectivity index (χ0v) is 18.2. The third-order valence-electron chi connectivity index (χ3n) is 5.80. The van der Waals surface area contributed by atoms with E-state index in [2.05, 4.69) is 15.9 Å². The van der Waals surface area contributed by atoms with E-state index in [1.807, 2.05) is 109 Å². The van der Waals surface area contributed by atoms with Gasteiger partial charge in [0.2, 0.25) is 0 Å². The van der Waals surface area contributed by atoms with Crippen molar-refractivity contribution in [2.45, 2.75) is 5.54 Å². The molecule has 0 aromatic heterocycles. The maximum atomic E-state index is 13.7. The lowest BCUT2D eigenvalue weighted by atomic mass is 9.75. The molecule has 1 N–H and O–H groups in total. The van der Waals surface area contributed by atoms with E-state index in [-0.39, 0.29) is 11.6 Å². The number of nitrogens with one attached hydrogen (secondary N) is 1. The van der Waals surface area contributed by atoms with Gasteiger partial charge in [0, 0.05) is 10.0 Å². The Morgan fingerprint density at radius 2 is 1.13 bits per heavy atom. The van der Waals surface area contributed by atoms with Crippen molar-refractivity contribution in [1.29, 1.82) is 5.41 Å². The maximum Gasteiger partial charge on any atom is 0.278 e. The number of hydrogen-bond acceptors (Lipinski definition) is 2. The molecular formula is C27H19BrN2O. The second-order valence-electron chi connectivity index (χ2n) is 7.49. The number of anilines is 1. The molecule has 0 radical (unpaired) electrons. The third kappa shape index (κ3) is 2.94. The van der Waals surface area contributed by atoms with E-state index < -0.39 is 5.54 Å². The van der Waals surface area contributed by atoms with Gasteiger partial charge in [0.25, 0.3) is 5.91 Å². The number of carbonyl (C=O) groups is 1. The Balaban J connectivity index is 1.94. The fraction of sp³-hybridized carbons (Fsp3) is 0.0370. The highest BCUT2D eigenvalue weighted by Crippen LogP contribution is 2.48. The van der Waals surface area contributed by atoms with E-state index >= 15 is 0 Å². The van der Waals surface area contributed by atoms with Crippen LogP contribution in [0.15, 0.2) is 114 Å². The molecule has 0 atom stereocenters. The number of fused-ring (bicyclic) bond motifs is 1. The largest absolute Gasteiger partial charge is 0.295 e. The average Bonchev–Trinajstić information content (AvgIpc) is 3.07. The Morgan fingerprint density at radius 1 is 0.677 bits per heavy atom. The summed E-state index contributed by atoms with van der Waals surface area (Å²) in [5.41, 5.74) is 3.32. The highest BCUT2D eigenvalue weighted by molar-refractivity contribution is 9.10. The van der Waals surface area contributed by atoms with Crippen LogP contribution in [-0.2, 0) is 10.3 Å². The van der Waals surface area contributed by atoms with Gasteiger partial charge in [-0.1, -0.05) is 107 Å². The molecule has 0 saturated heterocycles. The molecule has 0 unspecified atom stereocenters. The Labute approximate surface area is 189 Å². The summed E-state index contributed by atoms with van der Waals surface area (Å²) in [6.45, 7) is 0. The van der Waals surface area contributed by atoms with Gasteiger partial charge < -0.3 is 0 Å². The molecular weight excluding hydrogens is 448 g/mol. The van der Waals surface area contributed by atoms with Gasteiger partial charge in [-0.05, 0) is 34.9 Å². The molecule has 1 aliphatic heterocycles. The number of halogens is 1. The van der Waals surface area contributed by atoms with Crippen LogP contribution in [0, 0.1) is 5.41 Å². The Bertz CT molecular complexity index is 1170. The number of hydrogen-bond donors (Lipinski definition) is 1. The van der Waals surface area contributed by atoms with Crippen LogP contribution < -0.4 is 4.90 Å². The Hall–Kier alpha value is -3.50. The molecule has 5 rings (SSSR count).